The maximum atomic E-state index is 12.0. The van der Waals surface area contributed by atoms with Crippen molar-refractivity contribution in [2.24, 2.45) is 0 Å². The molecule has 0 aliphatic rings. The molecule has 2 aromatic carbocycles. The minimum Gasteiger partial charge on any atom is -0.465 e. The Morgan fingerprint density at radius 2 is 1.89 bits per heavy atom. The van der Waals surface area contributed by atoms with E-state index in [4.69, 9.17) is 9.15 Å². The molecule has 0 amide bonds. The van der Waals surface area contributed by atoms with Gasteiger partial charge in [0.2, 0.25) is 0 Å². The lowest BCUT2D eigenvalue weighted by atomic mass is 10.0. The largest absolute Gasteiger partial charge is 0.465 e. The maximum absolute atomic E-state index is 12.0. The first-order valence-electron chi connectivity index (χ1n) is 8.95. The van der Waals surface area contributed by atoms with Crippen molar-refractivity contribution < 1.29 is 13.9 Å². The third kappa shape index (κ3) is 3.13. The molecule has 1 N–H and O–H groups in total. The van der Waals surface area contributed by atoms with Gasteiger partial charge in [-0.3, -0.25) is 0 Å². The highest BCUT2D eigenvalue weighted by Gasteiger charge is 2.14. The Labute approximate surface area is 162 Å². The molecule has 2 aromatic heterocycles. The number of methoxy groups -OCH3 is 1. The van der Waals surface area contributed by atoms with Crippen LogP contribution < -0.4 is 5.32 Å². The summed E-state index contributed by atoms with van der Waals surface area (Å²) in [6.07, 6.45) is 5.26. The van der Waals surface area contributed by atoms with Gasteiger partial charge in [-0.1, -0.05) is 0 Å². The second kappa shape index (κ2) is 6.88. The summed E-state index contributed by atoms with van der Waals surface area (Å²) in [7, 11) is 1.36. The van der Waals surface area contributed by atoms with Crippen LogP contribution in [0.4, 0.5) is 11.5 Å². The van der Waals surface area contributed by atoms with E-state index >= 15 is 0 Å². The number of hydrogen-bond acceptors (Lipinski definition) is 5. The fourth-order valence-corrected chi connectivity index (χ4v) is 3.24. The van der Waals surface area contributed by atoms with Gasteiger partial charge in [-0.05, 0) is 67.8 Å². The van der Waals surface area contributed by atoms with E-state index in [0.717, 1.165) is 11.1 Å². The topological polar surface area (TPSA) is 69.3 Å². The molecule has 0 saturated heterocycles. The number of nitrogens with zero attached hydrogens (tertiary/aromatic N) is 2. The number of anilines is 2. The Kier molecular flexibility index (Phi) is 4.39. The van der Waals surface area contributed by atoms with Crippen LogP contribution >= 0.6 is 0 Å². The SMILES string of the molecule is COC(=O)c1cc(Nc2cn(-c3cc(C)c(C)c(C)c3)cn2)c2occc2c1. The Morgan fingerprint density at radius 3 is 2.61 bits per heavy atom. The molecule has 4 aromatic rings. The Balaban J connectivity index is 1.69. The molecule has 0 radical (unpaired) electrons. The van der Waals surface area contributed by atoms with E-state index in [-0.39, 0.29) is 0 Å². The van der Waals surface area contributed by atoms with E-state index in [2.05, 4.69) is 43.2 Å². The molecule has 4 rings (SSSR count). The van der Waals surface area contributed by atoms with Gasteiger partial charge in [-0.25, -0.2) is 9.78 Å². The summed E-state index contributed by atoms with van der Waals surface area (Å²) in [4.78, 5) is 16.4. The average molecular weight is 375 g/mol. The number of carbonyl (C=O) groups excluding carboxylic acids is 1. The lowest BCUT2D eigenvalue weighted by Crippen LogP contribution is -2.02. The molecule has 142 valence electrons. The Bertz CT molecular complexity index is 1160. The van der Waals surface area contributed by atoms with E-state index in [0.29, 0.717) is 22.7 Å². The van der Waals surface area contributed by atoms with Gasteiger partial charge < -0.3 is 19.0 Å². The first-order valence-corrected chi connectivity index (χ1v) is 8.95. The molecule has 0 bridgehead atoms. The molecule has 0 fully saturated rings. The second-order valence-corrected chi connectivity index (χ2v) is 6.85. The third-order valence-corrected chi connectivity index (χ3v) is 5.03. The predicted molar refractivity (Wildman–Crippen MR) is 109 cm³/mol. The quantitative estimate of drug-likeness (QED) is 0.504. The van der Waals surface area contributed by atoms with Crippen molar-refractivity contribution in [2.45, 2.75) is 20.8 Å². The standard InChI is InChI=1S/C22H21N3O3/c1-13-7-18(8-14(2)15(13)3)25-11-20(23-12-25)24-19-10-17(22(26)27-4)9-16-5-6-28-21(16)19/h5-12,24H,1-4H3. The van der Waals surface area contributed by atoms with Crippen molar-refractivity contribution >= 4 is 28.4 Å². The van der Waals surface area contributed by atoms with E-state index in [1.165, 1.54) is 23.8 Å². The van der Waals surface area contributed by atoms with Gasteiger partial charge in [-0.2, -0.15) is 0 Å². The number of rotatable bonds is 4. The van der Waals surface area contributed by atoms with Crippen LogP contribution in [0.2, 0.25) is 0 Å². The lowest BCUT2D eigenvalue weighted by Gasteiger charge is -2.09. The van der Waals surface area contributed by atoms with Crippen LogP contribution in [0.5, 0.6) is 0 Å². The third-order valence-electron chi connectivity index (χ3n) is 5.03. The van der Waals surface area contributed by atoms with Crippen molar-refractivity contribution in [2.75, 3.05) is 12.4 Å². The van der Waals surface area contributed by atoms with E-state index in [9.17, 15) is 4.79 Å². The summed E-state index contributed by atoms with van der Waals surface area (Å²) in [6, 6.07) is 9.53. The number of esters is 1. The summed E-state index contributed by atoms with van der Waals surface area (Å²) in [6.45, 7) is 6.33. The van der Waals surface area contributed by atoms with Crippen LogP contribution in [0, 0.1) is 20.8 Å². The van der Waals surface area contributed by atoms with Gasteiger partial charge in [0.05, 0.1) is 30.8 Å². The fraction of sp³-hybridized carbons (Fsp3) is 0.182. The van der Waals surface area contributed by atoms with Crippen molar-refractivity contribution in [3.8, 4) is 5.69 Å². The number of nitrogens with one attached hydrogen (secondary N) is 1. The number of hydrogen-bond donors (Lipinski definition) is 1. The van der Waals surface area contributed by atoms with E-state index in [1.807, 2.05) is 16.8 Å². The van der Waals surface area contributed by atoms with Crippen molar-refractivity contribution in [1.82, 2.24) is 9.55 Å². The number of ether oxygens (including phenoxy) is 1. The molecule has 2 heterocycles. The number of fused-ring (bicyclic) bond motifs is 1. The summed E-state index contributed by atoms with van der Waals surface area (Å²) in [5.41, 5.74) is 6.58. The van der Waals surface area contributed by atoms with Crippen molar-refractivity contribution in [3.63, 3.8) is 0 Å². The van der Waals surface area contributed by atoms with Gasteiger partial charge in [0.1, 0.15) is 12.1 Å². The normalized spacial score (nSPS) is 11.0. The highest BCUT2D eigenvalue weighted by atomic mass is 16.5. The highest BCUT2D eigenvalue weighted by Crippen LogP contribution is 2.29. The molecule has 0 spiro atoms. The number of aromatic nitrogens is 2. The first-order chi connectivity index (χ1) is 13.5. The van der Waals surface area contributed by atoms with Gasteiger partial charge in [0.25, 0.3) is 0 Å². The van der Waals surface area contributed by atoms with Gasteiger partial charge >= 0.3 is 5.97 Å². The minimum absolute atomic E-state index is 0.401. The van der Waals surface area contributed by atoms with Gasteiger partial charge in [0.15, 0.2) is 5.58 Å². The summed E-state index contributed by atoms with van der Waals surface area (Å²) in [5, 5.41) is 4.06. The number of carbonyl (C=O) groups is 1. The zero-order valence-corrected chi connectivity index (χ0v) is 16.2. The molecule has 0 aliphatic heterocycles. The molecular formula is C22H21N3O3. The van der Waals surface area contributed by atoms with Crippen LogP contribution in [-0.2, 0) is 4.74 Å². The smallest absolute Gasteiger partial charge is 0.337 e. The molecule has 0 atom stereocenters. The number of benzene rings is 2. The maximum Gasteiger partial charge on any atom is 0.337 e. The van der Waals surface area contributed by atoms with Crippen LogP contribution in [0.3, 0.4) is 0 Å². The minimum atomic E-state index is -0.401. The fourth-order valence-electron chi connectivity index (χ4n) is 3.24. The molecule has 0 unspecified atom stereocenters. The zero-order valence-electron chi connectivity index (χ0n) is 16.2. The lowest BCUT2D eigenvalue weighted by molar-refractivity contribution is 0.0601. The molecule has 6 heteroatoms. The molecular weight excluding hydrogens is 354 g/mol. The van der Waals surface area contributed by atoms with Crippen LogP contribution in [0.25, 0.3) is 16.7 Å². The monoisotopic (exact) mass is 375 g/mol. The molecule has 0 aliphatic carbocycles. The number of imidazole rings is 1. The zero-order chi connectivity index (χ0) is 19.8. The van der Waals surface area contributed by atoms with Crippen molar-refractivity contribution in [1.29, 1.82) is 0 Å². The molecule has 0 saturated carbocycles. The van der Waals surface area contributed by atoms with Crippen LogP contribution in [0.1, 0.15) is 27.0 Å². The summed E-state index contributed by atoms with van der Waals surface area (Å²) in [5.74, 6) is 0.248. The first kappa shape index (κ1) is 17.9. The Morgan fingerprint density at radius 1 is 1.14 bits per heavy atom. The van der Waals surface area contributed by atoms with Crippen molar-refractivity contribution in [3.05, 3.63) is 71.4 Å². The number of furan rings is 1. The number of aryl methyl sites for hydroxylation is 2. The second-order valence-electron chi connectivity index (χ2n) is 6.85. The van der Waals surface area contributed by atoms with Crippen LogP contribution in [-0.4, -0.2) is 22.6 Å². The van der Waals surface area contributed by atoms with E-state index < -0.39 is 5.97 Å². The summed E-state index contributed by atoms with van der Waals surface area (Å²) < 4.78 is 12.4. The highest BCUT2D eigenvalue weighted by molar-refractivity contribution is 6.00. The average Bonchev–Trinajstić information content (AvgIpc) is 3.34. The van der Waals surface area contributed by atoms with Gasteiger partial charge in [-0.15, -0.1) is 0 Å². The molecule has 6 nitrogen and oxygen atoms in total. The summed E-state index contributed by atoms with van der Waals surface area (Å²) >= 11 is 0. The predicted octanol–water partition coefficient (Wildman–Crippen LogP) is 5.07. The van der Waals surface area contributed by atoms with E-state index in [1.54, 1.807) is 24.7 Å². The van der Waals surface area contributed by atoms with Gasteiger partial charge in [0, 0.05) is 11.1 Å². The molecule has 28 heavy (non-hydrogen) atoms. The van der Waals surface area contributed by atoms with Crippen LogP contribution in [0.15, 0.2) is 53.5 Å². The Hall–Kier alpha value is -3.54.